The number of hydrogen-bond donors (Lipinski definition) is 1. The Labute approximate surface area is 162 Å². The zero-order valence-electron chi connectivity index (χ0n) is 15.8. The van der Waals surface area contributed by atoms with Gasteiger partial charge in [0.1, 0.15) is 18.1 Å². The predicted molar refractivity (Wildman–Crippen MR) is 108 cm³/mol. The molecular weight excluding hydrogens is 354 g/mol. The lowest BCUT2D eigenvalue weighted by molar-refractivity contribution is 0.0992. The van der Waals surface area contributed by atoms with Crippen LogP contribution >= 0.6 is 0 Å². The molecule has 0 saturated carbocycles. The molecular formula is C22H21N3O3. The number of rotatable bonds is 6. The Kier molecular flexibility index (Phi) is 4.85. The molecule has 4 aromatic rings. The van der Waals surface area contributed by atoms with Gasteiger partial charge in [-0.2, -0.15) is 5.10 Å². The van der Waals surface area contributed by atoms with Gasteiger partial charge < -0.3 is 14.5 Å². The van der Waals surface area contributed by atoms with E-state index in [0.717, 1.165) is 28.8 Å². The molecule has 0 bridgehead atoms. The van der Waals surface area contributed by atoms with E-state index in [1.807, 2.05) is 54.9 Å². The number of carbonyl (C=O) groups excluding carboxylic acids is 1. The van der Waals surface area contributed by atoms with Crippen molar-refractivity contribution in [1.82, 2.24) is 9.78 Å². The molecule has 0 aliphatic rings. The monoisotopic (exact) mass is 375 g/mol. The summed E-state index contributed by atoms with van der Waals surface area (Å²) in [5.41, 5.74) is 1.58. The van der Waals surface area contributed by atoms with Crippen molar-refractivity contribution in [2.45, 2.75) is 27.0 Å². The molecule has 0 aliphatic carbocycles. The third-order valence-corrected chi connectivity index (χ3v) is 4.64. The first kappa shape index (κ1) is 17.9. The van der Waals surface area contributed by atoms with Crippen LogP contribution in [0.5, 0.6) is 5.75 Å². The fourth-order valence-electron chi connectivity index (χ4n) is 3.06. The van der Waals surface area contributed by atoms with E-state index in [9.17, 15) is 4.79 Å². The average Bonchev–Trinajstić information content (AvgIpc) is 3.33. The van der Waals surface area contributed by atoms with E-state index in [4.69, 9.17) is 9.15 Å². The van der Waals surface area contributed by atoms with E-state index in [1.54, 1.807) is 18.3 Å². The maximum absolute atomic E-state index is 12.4. The summed E-state index contributed by atoms with van der Waals surface area (Å²) >= 11 is 0. The largest absolute Gasteiger partial charge is 0.486 e. The van der Waals surface area contributed by atoms with Gasteiger partial charge in [0.2, 0.25) is 0 Å². The van der Waals surface area contributed by atoms with Crippen LogP contribution in [0.25, 0.3) is 10.8 Å². The van der Waals surface area contributed by atoms with Gasteiger partial charge in [0.25, 0.3) is 5.91 Å². The van der Waals surface area contributed by atoms with Crippen molar-refractivity contribution in [3.05, 3.63) is 78.0 Å². The summed E-state index contributed by atoms with van der Waals surface area (Å²) in [6.07, 6.45) is 1.64. The van der Waals surface area contributed by atoms with Gasteiger partial charge in [-0.25, -0.2) is 0 Å². The highest BCUT2D eigenvalue weighted by Crippen LogP contribution is 2.22. The Morgan fingerprint density at radius 1 is 1.14 bits per heavy atom. The SMILES string of the molecule is CCn1ncc(NC(=O)c2ccc(COc3ccc4ccccc4c3)o2)c1C. The molecule has 0 saturated heterocycles. The summed E-state index contributed by atoms with van der Waals surface area (Å²) < 4.78 is 13.3. The smallest absolute Gasteiger partial charge is 0.291 e. The van der Waals surface area contributed by atoms with Crippen LogP contribution in [-0.4, -0.2) is 15.7 Å². The van der Waals surface area contributed by atoms with Crippen molar-refractivity contribution in [2.75, 3.05) is 5.32 Å². The summed E-state index contributed by atoms with van der Waals surface area (Å²) in [5.74, 6) is 1.26. The molecule has 1 N–H and O–H groups in total. The molecule has 2 aromatic carbocycles. The number of carbonyl (C=O) groups is 1. The first-order chi connectivity index (χ1) is 13.6. The molecule has 6 nitrogen and oxygen atoms in total. The molecule has 0 atom stereocenters. The van der Waals surface area contributed by atoms with Gasteiger partial charge in [-0.05, 0) is 48.9 Å². The average molecular weight is 375 g/mol. The van der Waals surface area contributed by atoms with Crippen molar-refractivity contribution in [3.63, 3.8) is 0 Å². The van der Waals surface area contributed by atoms with Crippen molar-refractivity contribution in [3.8, 4) is 5.75 Å². The fraction of sp³-hybridized carbons (Fsp3) is 0.182. The standard InChI is InChI=1S/C22H21N3O3/c1-3-25-15(2)20(13-23-25)24-22(26)21-11-10-19(28-21)14-27-18-9-8-16-6-4-5-7-17(16)12-18/h4-13H,3,14H2,1-2H3,(H,24,26). The number of nitrogens with zero attached hydrogens (tertiary/aromatic N) is 2. The number of amides is 1. The number of aromatic nitrogens is 2. The predicted octanol–water partition coefficient (Wildman–Crippen LogP) is 4.79. The molecule has 0 radical (unpaired) electrons. The van der Waals surface area contributed by atoms with E-state index < -0.39 is 0 Å². The molecule has 2 aromatic heterocycles. The topological polar surface area (TPSA) is 69.3 Å². The summed E-state index contributed by atoms with van der Waals surface area (Å²) in [4.78, 5) is 12.4. The highest BCUT2D eigenvalue weighted by molar-refractivity contribution is 6.02. The van der Waals surface area contributed by atoms with Gasteiger partial charge in [0.05, 0.1) is 17.6 Å². The minimum atomic E-state index is -0.310. The van der Waals surface area contributed by atoms with Gasteiger partial charge in [-0.1, -0.05) is 30.3 Å². The molecule has 0 spiro atoms. The quantitative estimate of drug-likeness (QED) is 0.526. The first-order valence-electron chi connectivity index (χ1n) is 9.18. The van der Waals surface area contributed by atoms with E-state index in [1.165, 1.54) is 0 Å². The highest BCUT2D eigenvalue weighted by Gasteiger charge is 2.15. The van der Waals surface area contributed by atoms with Crippen molar-refractivity contribution in [2.24, 2.45) is 0 Å². The van der Waals surface area contributed by atoms with Crippen LogP contribution in [0.15, 0.2) is 65.2 Å². The molecule has 6 heteroatoms. The number of nitrogens with one attached hydrogen (secondary N) is 1. The Bertz CT molecular complexity index is 1130. The lowest BCUT2D eigenvalue weighted by Gasteiger charge is -2.06. The van der Waals surface area contributed by atoms with Crippen molar-refractivity contribution >= 4 is 22.4 Å². The summed E-state index contributed by atoms with van der Waals surface area (Å²) in [6.45, 7) is 4.91. The molecule has 2 heterocycles. The van der Waals surface area contributed by atoms with E-state index in [-0.39, 0.29) is 18.3 Å². The molecule has 0 aliphatic heterocycles. The number of anilines is 1. The van der Waals surface area contributed by atoms with Crippen LogP contribution in [0.1, 0.15) is 28.9 Å². The number of fused-ring (bicyclic) bond motifs is 1. The van der Waals surface area contributed by atoms with E-state index >= 15 is 0 Å². The number of hydrogen-bond acceptors (Lipinski definition) is 4. The zero-order valence-corrected chi connectivity index (χ0v) is 15.8. The van der Waals surface area contributed by atoms with Crippen LogP contribution in [-0.2, 0) is 13.2 Å². The second-order valence-electron chi connectivity index (χ2n) is 6.48. The van der Waals surface area contributed by atoms with Gasteiger partial charge in [-0.3, -0.25) is 9.48 Å². The Balaban J connectivity index is 1.40. The minimum Gasteiger partial charge on any atom is -0.486 e. The lowest BCUT2D eigenvalue weighted by Crippen LogP contribution is -2.11. The molecule has 0 unspecified atom stereocenters. The maximum Gasteiger partial charge on any atom is 0.291 e. The first-order valence-corrected chi connectivity index (χ1v) is 9.18. The lowest BCUT2D eigenvalue weighted by atomic mass is 10.1. The fourth-order valence-corrected chi connectivity index (χ4v) is 3.06. The van der Waals surface area contributed by atoms with Crippen molar-refractivity contribution in [1.29, 1.82) is 0 Å². The van der Waals surface area contributed by atoms with Crippen LogP contribution in [0.3, 0.4) is 0 Å². The number of ether oxygens (including phenoxy) is 1. The summed E-state index contributed by atoms with van der Waals surface area (Å²) in [6, 6.07) is 17.4. The summed E-state index contributed by atoms with van der Waals surface area (Å²) in [5, 5.41) is 9.33. The Morgan fingerprint density at radius 2 is 1.96 bits per heavy atom. The van der Waals surface area contributed by atoms with Gasteiger partial charge in [-0.15, -0.1) is 0 Å². The summed E-state index contributed by atoms with van der Waals surface area (Å²) in [7, 11) is 0. The maximum atomic E-state index is 12.4. The third kappa shape index (κ3) is 3.62. The second kappa shape index (κ2) is 7.60. The van der Waals surface area contributed by atoms with Gasteiger partial charge >= 0.3 is 0 Å². The van der Waals surface area contributed by atoms with Crippen LogP contribution in [0.2, 0.25) is 0 Å². The van der Waals surface area contributed by atoms with Gasteiger partial charge in [0.15, 0.2) is 5.76 Å². The zero-order chi connectivity index (χ0) is 19.5. The second-order valence-corrected chi connectivity index (χ2v) is 6.48. The van der Waals surface area contributed by atoms with Gasteiger partial charge in [0, 0.05) is 6.54 Å². The van der Waals surface area contributed by atoms with Crippen LogP contribution in [0.4, 0.5) is 5.69 Å². The van der Waals surface area contributed by atoms with Crippen molar-refractivity contribution < 1.29 is 13.9 Å². The van der Waals surface area contributed by atoms with Crippen LogP contribution in [0, 0.1) is 6.92 Å². The molecule has 1 amide bonds. The van der Waals surface area contributed by atoms with E-state index in [0.29, 0.717) is 11.4 Å². The number of benzene rings is 2. The molecule has 142 valence electrons. The molecule has 0 fully saturated rings. The minimum absolute atomic E-state index is 0.237. The number of furan rings is 1. The normalized spacial score (nSPS) is 10.9. The molecule has 4 rings (SSSR count). The molecule has 28 heavy (non-hydrogen) atoms. The Hall–Kier alpha value is -3.54. The highest BCUT2D eigenvalue weighted by atomic mass is 16.5. The third-order valence-electron chi connectivity index (χ3n) is 4.64. The van der Waals surface area contributed by atoms with E-state index in [2.05, 4.69) is 16.5 Å². The Morgan fingerprint density at radius 3 is 2.75 bits per heavy atom. The van der Waals surface area contributed by atoms with Crippen LogP contribution < -0.4 is 10.1 Å². The number of aryl methyl sites for hydroxylation is 1.